The fourth-order valence-corrected chi connectivity index (χ4v) is 2.89. The number of nitrogens with one attached hydrogen (secondary N) is 2. The van der Waals surface area contributed by atoms with Crippen molar-refractivity contribution in [1.82, 2.24) is 10.9 Å². The van der Waals surface area contributed by atoms with Crippen LogP contribution in [0.2, 0.25) is 0 Å². The number of carbonyl (C=O) groups is 2. The number of hydrazine groups is 1. The number of hydrogen-bond donors (Lipinski definition) is 4. The molecule has 0 fully saturated rings. The Labute approximate surface area is 152 Å². The molecule has 4 N–H and O–H groups in total. The molecule has 0 unspecified atom stereocenters. The van der Waals surface area contributed by atoms with Gasteiger partial charge in [-0.05, 0) is 61.1 Å². The molecule has 2 aromatic carbocycles. The summed E-state index contributed by atoms with van der Waals surface area (Å²) in [6.45, 7) is 7.08. The maximum atomic E-state index is 12.0. The summed E-state index contributed by atoms with van der Waals surface area (Å²) < 4.78 is 0. The number of hydrogen-bond acceptors (Lipinski definition) is 4. The van der Waals surface area contributed by atoms with Gasteiger partial charge in [-0.25, -0.2) is 0 Å². The second-order valence-corrected chi connectivity index (χ2v) is 6.61. The Hall–Kier alpha value is -3.02. The Morgan fingerprint density at radius 2 is 0.962 bits per heavy atom. The predicted octanol–water partition coefficient (Wildman–Crippen LogP) is 2.26. The van der Waals surface area contributed by atoms with Crippen LogP contribution in [0, 0.1) is 27.7 Å². The highest BCUT2D eigenvalue weighted by atomic mass is 16.3. The van der Waals surface area contributed by atoms with Crippen molar-refractivity contribution in [3.8, 4) is 11.5 Å². The second-order valence-electron chi connectivity index (χ2n) is 6.61. The van der Waals surface area contributed by atoms with Gasteiger partial charge >= 0.3 is 0 Å². The summed E-state index contributed by atoms with van der Waals surface area (Å²) in [4.78, 5) is 24.0. The largest absolute Gasteiger partial charge is 0.507 e. The van der Waals surface area contributed by atoms with Crippen LogP contribution in [0.25, 0.3) is 0 Å². The highest BCUT2D eigenvalue weighted by Crippen LogP contribution is 2.24. The summed E-state index contributed by atoms with van der Waals surface area (Å²) in [5, 5.41) is 19.5. The van der Waals surface area contributed by atoms with E-state index in [1.165, 1.54) is 0 Å². The van der Waals surface area contributed by atoms with E-state index in [1.54, 1.807) is 52.0 Å². The molecule has 2 amide bonds. The van der Waals surface area contributed by atoms with Gasteiger partial charge in [0.1, 0.15) is 11.5 Å². The molecule has 26 heavy (non-hydrogen) atoms. The predicted molar refractivity (Wildman–Crippen MR) is 98.9 cm³/mol. The van der Waals surface area contributed by atoms with E-state index in [0.717, 1.165) is 11.1 Å². The molecule has 0 aliphatic rings. The molecule has 0 aromatic heterocycles. The summed E-state index contributed by atoms with van der Waals surface area (Å²) >= 11 is 0. The highest BCUT2D eigenvalue weighted by molar-refractivity contribution is 5.84. The van der Waals surface area contributed by atoms with Crippen molar-refractivity contribution in [2.45, 2.75) is 40.5 Å². The Balaban J connectivity index is 1.90. The molecule has 0 radical (unpaired) electrons. The Kier molecular flexibility index (Phi) is 5.87. The van der Waals surface area contributed by atoms with Crippen LogP contribution in [0.1, 0.15) is 33.4 Å². The zero-order valence-electron chi connectivity index (χ0n) is 15.4. The second kappa shape index (κ2) is 7.91. The minimum Gasteiger partial charge on any atom is -0.507 e. The molecule has 0 saturated carbocycles. The summed E-state index contributed by atoms with van der Waals surface area (Å²) in [6.07, 6.45) is 0.194. The van der Waals surface area contributed by atoms with Gasteiger partial charge < -0.3 is 10.2 Å². The molecule has 0 bridgehead atoms. The van der Waals surface area contributed by atoms with Crippen molar-refractivity contribution in [2.75, 3.05) is 0 Å². The van der Waals surface area contributed by atoms with Gasteiger partial charge in [-0.15, -0.1) is 0 Å². The Bertz CT molecular complexity index is 741. The molecular weight excluding hydrogens is 332 g/mol. The molecule has 0 saturated heterocycles. The lowest BCUT2D eigenvalue weighted by atomic mass is 10.0. The zero-order valence-corrected chi connectivity index (χ0v) is 15.4. The third kappa shape index (κ3) is 4.75. The van der Waals surface area contributed by atoms with Gasteiger partial charge in [-0.2, -0.15) is 0 Å². The summed E-state index contributed by atoms with van der Waals surface area (Å²) in [5.41, 5.74) is 9.12. The van der Waals surface area contributed by atoms with Crippen LogP contribution >= 0.6 is 0 Å². The fraction of sp³-hybridized carbons (Fsp3) is 0.300. The van der Waals surface area contributed by atoms with E-state index < -0.39 is 0 Å². The van der Waals surface area contributed by atoms with Crippen molar-refractivity contribution in [3.05, 3.63) is 57.6 Å². The smallest absolute Gasteiger partial charge is 0.242 e. The number of aromatic hydroxyl groups is 2. The average Bonchev–Trinajstić information content (AvgIpc) is 2.55. The standard InChI is InChI=1S/C20H24N2O4/c1-11-5-15(6-12(2)19(11)25)9-17(23)21-22-18(24)10-16-7-13(3)20(26)14(4)8-16/h5-8,25-26H,9-10H2,1-4H3,(H,21,23)(H,22,24). The van der Waals surface area contributed by atoms with Crippen LogP contribution in [0.5, 0.6) is 11.5 Å². The molecule has 0 heterocycles. The summed E-state index contributed by atoms with van der Waals surface area (Å²) in [7, 11) is 0. The Morgan fingerprint density at radius 3 is 1.23 bits per heavy atom. The van der Waals surface area contributed by atoms with Crippen molar-refractivity contribution in [1.29, 1.82) is 0 Å². The molecule has 138 valence electrons. The number of phenolic OH excluding ortho intramolecular Hbond substituents is 2. The van der Waals surface area contributed by atoms with Gasteiger partial charge in [0.2, 0.25) is 11.8 Å². The normalized spacial score (nSPS) is 10.5. The lowest BCUT2D eigenvalue weighted by Crippen LogP contribution is -2.43. The lowest BCUT2D eigenvalue weighted by molar-refractivity contribution is -0.128. The van der Waals surface area contributed by atoms with Gasteiger partial charge in [0.15, 0.2) is 0 Å². The van der Waals surface area contributed by atoms with Crippen LogP contribution < -0.4 is 10.9 Å². The first-order chi connectivity index (χ1) is 12.2. The fourth-order valence-electron chi connectivity index (χ4n) is 2.89. The van der Waals surface area contributed by atoms with Gasteiger partial charge in [0.25, 0.3) is 0 Å². The maximum Gasteiger partial charge on any atom is 0.242 e. The van der Waals surface area contributed by atoms with E-state index in [-0.39, 0.29) is 36.2 Å². The van der Waals surface area contributed by atoms with Crippen molar-refractivity contribution >= 4 is 11.8 Å². The number of rotatable bonds is 4. The number of carbonyl (C=O) groups excluding carboxylic acids is 2. The SMILES string of the molecule is Cc1cc(CC(=O)NNC(=O)Cc2cc(C)c(O)c(C)c2)cc(C)c1O. The molecule has 6 heteroatoms. The quantitative estimate of drug-likeness (QED) is 0.632. The van der Waals surface area contributed by atoms with Gasteiger partial charge in [-0.1, -0.05) is 24.3 Å². The third-order valence-electron chi connectivity index (χ3n) is 4.17. The van der Waals surface area contributed by atoms with E-state index in [0.29, 0.717) is 22.3 Å². The van der Waals surface area contributed by atoms with E-state index in [2.05, 4.69) is 10.9 Å². The van der Waals surface area contributed by atoms with Gasteiger partial charge in [0, 0.05) is 0 Å². The van der Waals surface area contributed by atoms with E-state index in [1.807, 2.05) is 0 Å². The maximum absolute atomic E-state index is 12.0. The summed E-state index contributed by atoms with van der Waals surface area (Å²) in [6, 6.07) is 6.97. The number of benzene rings is 2. The molecule has 0 aliphatic heterocycles. The van der Waals surface area contributed by atoms with Gasteiger partial charge in [-0.3, -0.25) is 20.4 Å². The van der Waals surface area contributed by atoms with Crippen LogP contribution in [-0.4, -0.2) is 22.0 Å². The van der Waals surface area contributed by atoms with Crippen LogP contribution in [0.3, 0.4) is 0 Å². The first kappa shape index (κ1) is 19.3. The van der Waals surface area contributed by atoms with Gasteiger partial charge in [0.05, 0.1) is 12.8 Å². The van der Waals surface area contributed by atoms with E-state index >= 15 is 0 Å². The first-order valence-electron chi connectivity index (χ1n) is 8.33. The molecular formula is C20H24N2O4. The topological polar surface area (TPSA) is 98.7 Å². The molecule has 0 atom stereocenters. The average molecular weight is 356 g/mol. The summed E-state index contributed by atoms with van der Waals surface area (Å²) in [5.74, 6) is -0.245. The van der Waals surface area contributed by atoms with Crippen molar-refractivity contribution in [2.24, 2.45) is 0 Å². The molecule has 0 aliphatic carbocycles. The molecule has 2 rings (SSSR count). The van der Waals surface area contributed by atoms with Crippen LogP contribution in [-0.2, 0) is 22.4 Å². The first-order valence-corrected chi connectivity index (χ1v) is 8.33. The van der Waals surface area contributed by atoms with E-state index in [9.17, 15) is 19.8 Å². The number of phenols is 2. The van der Waals surface area contributed by atoms with E-state index in [4.69, 9.17) is 0 Å². The minimum atomic E-state index is -0.346. The monoisotopic (exact) mass is 356 g/mol. The van der Waals surface area contributed by atoms with Crippen molar-refractivity contribution in [3.63, 3.8) is 0 Å². The molecule has 0 spiro atoms. The van der Waals surface area contributed by atoms with Crippen LogP contribution in [0.4, 0.5) is 0 Å². The minimum absolute atomic E-state index is 0.0969. The number of amides is 2. The molecule has 2 aromatic rings. The lowest BCUT2D eigenvalue weighted by Gasteiger charge is -2.11. The zero-order chi connectivity index (χ0) is 19.4. The third-order valence-corrected chi connectivity index (χ3v) is 4.17. The highest BCUT2D eigenvalue weighted by Gasteiger charge is 2.11. The number of aryl methyl sites for hydroxylation is 4. The van der Waals surface area contributed by atoms with Crippen molar-refractivity contribution < 1.29 is 19.8 Å². The molecule has 6 nitrogen and oxygen atoms in total. The Morgan fingerprint density at radius 1 is 0.692 bits per heavy atom. The van der Waals surface area contributed by atoms with Crippen LogP contribution in [0.15, 0.2) is 24.3 Å².